The summed E-state index contributed by atoms with van der Waals surface area (Å²) in [7, 11) is 0. The largest absolute Gasteiger partial charge is 0.358 e. The van der Waals surface area contributed by atoms with Gasteiger partial charge in [0.05, 0.1) is 29.0 Å². The molecule has 0 aliphatic carbocycles. The first-order valence-electron chi connectivity index (χ1n) is 6.85. The molecule has 1 aliphatic heterocycles. The molecule has 3 rings (SSSR count). The van der Waals surface area contributed by atoms with Crippen molar-refractivity contribution in [2.75, 3.05) is 6.61 Å². The van der Waals surface area contributed by atoms with E-state index in [0.717, 1.165) is 48.0 Å². The third-order valence-corrected chi connectivity index (χ3v) is 3.79. The number of hydrogen-bond donors (Lipinski definition) is 0. The fourth-order valence-electron chi connectivity index (χ4n) is 2.79. The average molecular weight is 255 g/mol. The third kappa shape index (κ3) is 2.00. The first-order chi connectivity index (χ1) is 9.35. The van der Waals surface area contributed by atoms with Gasteiger partial charge in [-0.1, -0.05) is 6.92 Å². The number of nitriles is 1. The van der Waals surface area contributed by atoms with Gasteiger partial charge < -0.3 is 9.30 Å². The Kier molecular flexibility index (Phi) is 3.22. The van der Waals surface area contributed by atoms with Crippen LogP contribution in [-0.2, 0) is 11.2 Å². The lowest BCUT2D eigenvalue weighted by atomic mass is 10.0. The molecule has 98 valence electrons. The maximum absolute atomic E-state index is 9.16. The normalized spacial score (nSPS) is 19.5. The number of ether oxygens (including phenoxy) is 1. The molecule has 1 atom stereocenters. The van der Waals surface area contributed by atoms with Crippen LogP contribution in [0.15, 0.2) is 18.5 Å². The van der Waals surface area contributed by atoms with Crippen LogP contribution in [0, 0.1) is 11.3 Å². The number of imidazole rings is 1. The van der Waals surface area contributed by atoms with E-state index in [1.165, 1.54) is 6.42 Å². The van der Waals surface area contributed by atoms with Crippen molar-refractivity contribution in [1.82, 2.24) is 9.55 Å². The van der Waals surface area contributed by atoms with Gasteiger partial charge in [-0.25, -0.2) is 4.98 Å². The van der Waals surface area contributed by atoms with Crippen LogP contribution in [-0.4, -0.2) is 16.2 Å². The molecule has 1 unspecified atom stereocenters. The van der Waals surface area contributed by atoms with Crippen LogP contribution in [0.25, 0.3) is 11.0 Å². The van der Waals surface area contributed by atoms with E-state index in [1.54, 1.807) is 0 Å². The fraction of sp³-hybridized carbons (Fsp3) is 0.467. The van der Waals surface area contributed by atoms with Crippen molar-refractivity contribution in [1.29, 1.82) is 5.26 Å². The molecule has 4 nitrogen and oxygen atoms in total. The number of hydrogen-bond acceptors (Lipinski definition) is 3. The van der Waals surface area contributed by atoms with Crippen molar-refractivity contribution in [3.8, 4) is 6.07 Å². The lowest BCUT2D eigenvalue weighted by Crippen LogP contribution is -2.17. The second-order valence-electron chi connectivity index (χ2n) is 4.90. The molecule has 0 amide bonds. The van der Waals surface area contributed by atoms with Gasteiger partial charge in [0.1, 0.15) is 6.23 Å². The summed E-state index contributed by atoms with van der Waals surface area (Å²) in [6.07, 6.45) is 6.14. The van der Waals surface area contributed by atoms with Crippen molar-refractivity contribution < 1.29 is 4.74 Å². The first-order valence-corrected chi connectivity index (χ1v) is 6.85. The highest BCUT2D eigenvalue weighted by molar-refractivity contribution is 5.81. The summed E-state index contributed by atoms with van der Waals surface area (Å²) in [5.41, 5.74) is 3.78. The minimum absolute atomic E-state index is 0.0939. The molecule has 1 aromatic carbocycles. The standard InChI is InChI=1S/C15H17N3O/c1-2-12-11(9-16)6-7-13-15(12)17-10-18(13)14-5-3-4-8-19-14/h6-7,10,14H,2-5,8H2,1H3. The highest BCUT2D eigenvalue weighted by Gasteiger charge is 2.19. The van der Waals surface area contributed by atoms with Crippen LogP contribution in [0.2, 0.25) is 0 Å². The Balaban J connectivity index is 2.11. The molecule has 1 aliphatic rings. The SMILES string of the molecule is CCc1c(C#N)ccc2c1ncn2C1CCCCO1. The molecular formula is C15H17N3O. The van der Waals surface area contributed by atoms with Gasteiger partial charge in [0, 0.05) is 6.61 Å². The van der Waals surface area contributed by atoms with E-state index in [4.69, 9.17) is 10.00 Å². The van der Waals surface area contributed by atoms with Gasteiger partial charge in [0.25, 0.3) is 0 Å². The lowest BCUT2D eigenvalue weighted by Gasteiger charge is -2.24. The smallest absolute Gasteiger partial charge is 0.135 e. The van der Waals surface area contributed by atoms with Gasteiger partial charge in [-0.15, -0.1) is 0 Å². The summed E-state index contributed by atoms with van der Waals surface area (Å²) in [5, 5.41) is 9.16. The van der Waals surface area contributed by atoms with E-state index in [-0.39, 0.29) is 6.23 Å². The van der Waals surface area contributed by atoms with Gasteiger partial charge in [-0.2, -0.15) is 5.26 Å². The predicted octanol–water partition coefficient (Wildman–Crippen LogP) is 3.17. The topological polar surface area (TPSA) is 50.8 Å². The summed E-state index contributed by atoms with van der Waals surface area (Å²) in [5.74, 6) is 0. The maximum atomic E-state index is 9.16. The Morgan fingerprint density at radius 2 is 2.37 bits per heavy atom. The number of fused-ring (bicyclic) bond motifs is 1. The zero-order valence-corrected chi connectivity index (χ0v) is 11.1. The third-order valence-electron chi connectivity index (χ3n) is 3.79. The molecule has 0 spiro atoms. The van der Waals surface area contributed by atoms with E-state index in [9.17, 15) is 0 Å². The molecular weight excluding hydrogens is 238 g/mol. The summed E-state index contributed by atoms with van der Waals surface area (Å²) in [4.78, 5) is 4.51. The van der Waals surface area contributed by atoms with Gasteiger partial charge in [0.2, 0.25) is 0 Å². The van der Waals surface area contributed by atoms with Crippen LogP contribution in [0.3, 0.4) is 0 Å². The summed E-state index contributed by atoms with van der Waals surface area (Å²) >= 11 is 0. The monoisotopic (exact) mass is 255 g/mol. The highest BCUT2D eigenvalue weighted by Crippen LogP contribution is 2.28. The molecule has 0 N–H and O–H groups in total. The molecule has 4 heteroatoms. The number of aromatic nitrogens is 2. The van der Waals surface area contributed by atoms with Crippen molar-refractivity contribution in [2.45, 2.75) is 38.8 Å². The van der Waals surface area contributed by atoms with Crippen molar-refractivity contribution >= 4 is 11.0 Å². The lowest BCUT2D eigenvalue weighted by molar-refractivity contribution is -0.0295. The van der Waals surface area contributed by atoms with Crippen LogP contribution in [0.5, 0.6) is 0 Å². The molecule has 0 radical (unpaired) electrons. The zero-order valence-electron chi connectivity index (χ0n) is 11.1. The van der Waals surface area contributed by atoms with Gasteiger partial charge in [-0.3, -0.25) is 0 Å². The van der Waals surface area contributed by atoms with E-state index < -0.39 is 0 Å². The van der Waals surface area contributed by atoms with Crippen LogP contribution in [0.4, 0.5) is 0 Å². The molecule has 0 saturated carbocycles. The quantitative estimate of drug-likeness (QED) is 0.828. The average Bonchev–Trinajstić information content (AvgIpc) is 2.91. The van der Waals surface area contributed by atoms with Crippen LogP contribution < -0.4 is 0 Å². The van der Waals surface area contributed by atoms with E-state index in [1.807, 2.05) is 18.5 Å². The Hall–Kier alpha value is -1.86. The Bertz CT molecular complexity index is 633. The van der Waals surface area contributed by atoms with Crippen LogP contribution in [0.1, 0.15) is 43.5 Å². The maximum Gasteiger partial charge on any atom is 0.135 e. The predicted molar refractivity (Wildman–Crippen MR) is 72.7 cm³/mol. The minimum Gasteiger partial charge on any atom is -0.358 e. The van der Waals surface area contributed by atoms with Gasteiger partial charge in [-0.05, 0) is 43.4 Å². The summed E-state index contributed by atoms with van der Waals surface area (Å²) in [6, 6.07) is 6.12. The van der Waals surface area contributed by atoms with E-state index >= 15 is 0 Å². The highest BCUT2D eigenvalue weighted by atomic mass is 16.5. The number of aryl methyl sites for hydroxylation is 1. The van der Waals surface area contributed by atoms with Crippen LogP contribution >= 0.6 is 0 Å². The second-order valence-corrected chi connectivity index (χ2v) is 4.90. The Morgan fingerprint density at radius 1 is 1.47 bits per heavy atom. The van der Waals surface area contributed by atoms with E-state index in [2.05, 4.69) is 22.5 Å². The Labute approximate surface area is 112 Å². The Morgan fingerprint density at radius 3 is 3.05 bits per heavy atom. The molecule has 2 heterocycles. The molecule has 19 heavy (non-hydrogen) atoms. The van der Waals surface area contributed by atoms with E-state index in [0.29, 0.717) is 0 Å². The van der Waals surface area contributed by atoms with Crippen molar-refractivity contribution in [3.63, 3.8) is 0 Å². The molecule has 1 aromatic heterocycles. The van der Waals surface area contributed by atoms with Crippen molar-refractivity contribution in [2.24, 2.45) is 0 Å². The number of benzene rings is 1. The molecule has 1 saturated heterocycles. The zero-order chi connectivity index (χ0) is 13.2. The first kappa shape index (κ1) is 12.2. The number of nitrogens with zero attached hydrogens (tertiary/aromatic N) is 3. The summed E-state index contributed by atoms with van der Waals surface area (Å²) in [6.45, 7) is 2.88. The van der Waals surface area contributed by atoms with Crippen molar-refractivity contribution in [3.05, 3.63) is 29.6 Å². The molecule has 0 bridgehead atoms. The second kappa shape index (κ2) is 5.02. The minimum atomic E-state index is 0.0939. The van der Waals surface area contributed by atoms with Gasteiger partial charge >= 0.3 is 0 Å². The number of rotatable bonds is 2. The molecule has 1 fully saturated rings. The van der Waals surface area contributed by atoms with Gasteiger partial charge in [0.15, 0.2) is 0 Å². The summed E-state index contributed by atoms with van der Waals surface area (Å²) < 4.78 is 7.92. The molecule has 2 aromatic rings. The fourth-order valence-corrected chi connectivity index (χ4v) is 2.79.